The number of carbonyl (C=O) groups is 2. The van der Waals surface area contributed by atoms with Crippen LogP contribution < -0.4 is 0 Å². The van der Waals surface area contributed by atoms with Crippen molar-refractivity contribution in [1.29, 1.82) is 0 Å². The molecule has 1 saturated heterocycles. The van der Waals surface area contributed by atoms with E-state index >= 15 is 0 Å². The number of aromatic nitrogens is 1. The number of pyridine rings is 1. The molecule has 5 heteroatoms. The van der Waals surface area contributed by atoms with Gasteiger partial charge in [0.05, 0.1) is 5.56 Å². The van der Waals surface area contributed by atoms with Gasteiger partial charge in [0.2, 0.25) is 0 Å². The number of carbonyl (C=O) groups excluding carboxylic acids is 1. The molecule has 102 valence electrons. The maximum Gasteiger partial charge on any atom is 0.326 e. The normalized spacial score (nSPS) is 23.2. The van der Waals surface area contributed by atoms with Crippen LogP contribution in [-0.2, 0) is 4.79 Å². The number of likely N-dealkylation sites (tertiary alicyclic amines) is 1. The van der Waals surface area contributed by atoms with Gasteiger partial charge in [-0.3, -0.25) is 9.78 Å². The number of aryl methyl sites for hydroxylation is 1. The molecule has 1 N–H and O–H groups in total. The van der Waals surface area contributed by atoms with Crippen molar-refractivity contribution in [3.05, 3.63) is 29.6 Å². The first-order chi connectivity index (χ1) is 9.00. The Bertz CT molecular complexity index is 484. The minimum absolute atomic E-state index is 0.0198. The highest BCUT2D eigenvalue weighted by Crippen LogP contribution is 2.25. The van der Waals surface area contributed by atoms with Gasteiger partial charge in [0.1, 0.15) is 6.04 Å². The summed E-state index contributed by atoms with van der Waals surface area (Å²) in [5.74, 6) is -1.19. The average Bonchev–Trinajstić information content (AvgIpc) is 2.38. The van der Waals surface area contributed by atoms with Crippen molar-refractivity contribution in [1.82, 2.24) is 9.88 Å². The summed E-state index contributed by atoms with van der Waals surface area (Å²) in [6, 6.07) is 2.72. The van der Waals surface area contributed by atoms with Gasteiger partial charge in [0.25, 0.3) is 5.91 Å². The largest absolute Gasteiger partial charge is 0.480 e. The van der Waals surface area contributed by atoms with Crippen LogP contribution in [0.1, 0.15) is 35.8 Å². The molecule has 1 amide bonds. The van der Waals surface area contributed by atoms with E-state index in [2.05, 4.69) is 4.98 Å². The summed E-state index contributed by atoms with van der Waals surface area (Å²) in [5.41, 5.74) is 1.28. The zero-order valence-electron chi connectivity index (χ0n) is 11.2. The Kier molecular flexibility index (Phi) is 3.83. The van der Waals surface area contributed by atoms with Gasteiger partial charge in [-0.2, -0.15) is 0 Å². The standard InChI is InChI=1S/C14H18N2O3/c1-9-4-3-7-16(12(9)14(18)19)13(17)11-6-5-10(2)15-8-11/h5-6,8-9,12H,3-4,7H2,1-2H3,(H,18,19). The Morgan fingerprint density at radius 3 is 2.74 bits per heavy atom. The second-order valence-electron chi connectivity index (χ2n) is 5.09. The van der Waals surface area contributed by atoms with Gasteiger partial charge in [0, 0.05) is 18.4 Å². The van der Waals surface area contributed by atoms with E-state index in [0.29, 0.717) is 12.1 Å². The zero-order chi connectivity index (χ0) is 14.0. The molecule has 0 saturated carbocycles. The molecule has 1 aliphatic rings. The van der Waals surface area contributed by atoms with Gasteiger partial charge in [-0.05, 0) is 37.8 Å². The Morgan fingerprint density at radius 2 is 2.16 bits per heavy atom. The van der Waals surface area contributed by atoms with Crippen LogP contribution >= 0.6 is 0 Å². The molecule has 1 fully saturated rings. The lowest BCUT2D eigenvalue weighted by Crippen LogP contribution is -2.51. The smallest absolute Gasteiger partial charge is 0.326 e. The van der Waals surface area contributed by atoms with Crippen molar-refractivity contribution in [2.24, 2.45) is 5.92 Å². The highest BCUT2D eigenvalue weighted by Gasteiger charge is 2.37. The molecule has 0 aliphatic carbocycles. The molecule has 1 aromatic rings. The molecule has 0 radical (unpaired) electrons. The summed E-state index contributed by atoms with van der Waals surface area (Å²) in [4.78, 5) is 29.3. The van der Waals surface area contributed by atoms with Crippen LogP contribution in [0.25, 0.3) is 0 Å². The first-order valence-electron chi connectivity index (χ1n) is 6.47. The average molecular weight is 262 g/mol. The molecule has 2 atom stereocenters. The van der Waals surface area contributed by atoms with Crippen LogP contribution in [0.15, 0.2) is 18.3 Å². The molecule has 1 aliphatic heterocycles. The highest BCUT2D eigenvalue weighted by atomic mass is 16.4. The van der Waals surface area contributed by atoms with Gasteiger partial charge in [-0.25, -0.2) is 4.79 Å². The summed E-state index contributed by atoms with van der Waals surface area (Å²) < 4.78 is 0. The van der Waals surface area contributed by atoms with Gasteiger partial charge < -0.3 is 10.0 Å². The second-order valence-corrected chi connectivity index (χ2v) is 5.09. The first-order valence-corrected chi connectivity index (χ1v) is 6.47. The van der Waals surface area contributed by atoms with E-state index < -0.39 is 12.0 Å². The Morgan fingerprint density at radius 1 is 1.42 bits per heavy atom. The number of hydrogen-bond acceptors (Lipinski definition) is 3. The molecular formula is C14H18N2O3. The zero-order valence-corrected chi connectivity index (χ0v) is 11.2. The van der Waals surface area contributed by atoms with Crippen LogP contribution in [0.3, 0.4) is 0 Å². The molecule has 0 aromatic carbocycles. The predicted octanol–water partition coefficient (Wildman–Crippen LogP) is 1.72. The van der Waals surface area contributed by atoms with E-state index in [1.807, 2.05) is 13.8 Å². The number of hydrogen-bond donors (Lipinski definition) is 1. The lowest BCUT2D eigenvalue weighted by Gasteiger charge is -2.37. The second kappa shape index (κ2) is 5.38. The van der Waals surface area contributed by atoms with Gasteiger partial charge in [-0.1, -0.05) is 6.92 Å². The lowest BCUT2D eigenvalue weighted by atomic mass is 9.90. The van der Waals surface area contributed by atoms with Crippen molar-refractivity contribution in [3.8, 4) is 0 Å². The molecule has 5 nitrogen and oxygen atoms in total. The molecule has 0 bridgehead atoms. The molecule has 2 heterocycles. The van der Waals surface area contributed by atoms with E-state index in [1.54, 1.807) is 12.1 Å². The third kappa shape index (κ3) is 2.75. The fourth-order valence-electron chi connectivity index (χ4n) is 2.55. The number of carboxylic acid groups (broad SMARTS) is 1. The van der Waals surface area contributed by atoms with Crippen molar-refractivity contribution in [3.63, 3.8) is 0 Å². The van der Waals surface area contributed by atoms with E-state index in [0.717, 1.165) is 18.5 Å². The van der Waals surface area contributed by atoms with E-state index in [4.69, 9.17) is 0 Å². The van der Waals surface area contributed by atoms with Gasteiger partial charge in [-0.15, -0.1) is 0 Å². The summed E-state index contributed by atoms with van der Waals surface area (Å²) in [6.07, 6.45) is 3.19. The predicted molar refractivity (Wildman–Crippen MR) is 69.8 cm³/mol. The third-order valence-electron chi connectivity index (χ3n) is 3.61. The summed E-state index contributed by atoms with van der Waals surface area (Å²) in [5, 5.41) is 9.31. The number of piperidine rings is 1. The van der Waals surface area contributed by atoms with Crippen molar-refractivity contribution in [2.45, 2.75) is 32.7 Å². The summed E-state index contributed by atoms with van der Waals surface area (Å²) in [7, 11) is 0. The fraction of sp³-hybridized carbons (Fsp3) is 0.500. The quantitative estimate of drug-likeness (QED) is 0.881. The maximum absolute atomic E-state index is 12.4. The number of amides is 1. The SMILES string of the molecule is Cc1ccc(C(=O)N2CCCC(C)C2C(=O)O)cn1. The van der Waals surface area contributed by atoms with Crippen LogP contribution in [-0.4, -0.2) is 39.5 Å². The van der Waals surface area contributed by atoms with Gasteiger partial charge >= 0.3 is 5.97 Å². The summed E-state index contributed by atoms with van der Waals surface area (Å²) in [6.45, 7) is 4.22. The Hall–Kier alpha value is -1.91. The van der Waals surface area contributed by atoms with E-state index in [9.17, 15) is 14.7 Å². The third-order valence-corrected chi connectivity index (χ3v) is 3.61. The highest BCUT2D eigenvalue weighted by molar-refractivity contribution is 5.96. The maximum atomic E-state index is 12.4. The Labute approximate surface area is 112 Å². The summed E-state index contributed by atoms with van der Waals surface area (Å²) >= 11 is 0. The topological polar surface area (TPSA) is 70.5 Å². The molecular weight excluding hydrogens is 244 g/mol. The number of rotatable bonds is 2. The van der Waals surface area contributed by atoms with E-state index in [1.165, 1.54) is 11.1 Å². The fourth-order valence-corrected chi connectivity index (χ4v) is 2.55. The molecule has 2 unspecified atom stereocenters. The van der Waals surface area contributed by atoms with Crippen molar-refractivity contribution < 1.29 is 14.7 Å². The molecule has 1 aromatic heterocycles. The van der Waals surface area contributed by atoms with Crippen molar-refractivity contribution >= 4 is 11.9 Å². The van der Waals surface area contributed by atoms with Crippen molar-refractivity contribution in [2.75, 3.05) is 6.54 Å². The van der Waals surface area contributed by atoms with Crippen LogP contribution in [0.4, 0.5) is 0 Å². The monoisotopic (exact) mass is 262 g/mol. The first kappa shape index (κ1) is 13.5. The number of carboxylic acids is 1. The minimum atomic E-state index is -0.930. The number of aliphatic carboxylic acids is 1. The Balaban J connectivity index is 2.25. The molecule has 0 spiro atoms. The van der Waals surface area contributed by atoms with Crippen LogP contribution in [0, 0.1) is 12.8 Å². The van der Waals surface area contributed by atoms with E-state index in [-0.39, 0.29) is 11.8 Å². The lowest BCUT2D eigenvalue weighted by molar-refractivity contribution is -0.145. The molecule has 2 rings (SSSR count). The van der Waals surface area contributed by atoms with Crippen LogP contribution in [0.2, 0.25) is 0 Å². The van der Waals surface area contributed by atoms with Crippen LogP contribution in [0.5, 0.6) is 0 Å². The molecule has 19 heavy (non-hydrogen) atoms. The van der Waals surface area contributed by atoms with Gasteiger partial charge in [0.15, 0.2) is 0 Å². The number of nitrogens with zero attached hydrogens (tertiary/aromatic N) is 2. The minimum Gasteiger partial charge on any atom is -0.480 e.